The second kappa shape index (κ2) is 9.75. The third-order valence-corrected chi connectivity index (χ3v) is 5.90. The number of amides is 2. The lowest BCUT2D eigenvalue weighted by atomic mass is 10.2. The van der Waals surface area contributed by atoms with Gasteiger partial charge < -0.3 is 15.8 Å². The maximum Gasteiger partial charge on any atom is 0.317 e. The molecular formula is C20H21BrN2O4S. The van der Waals surface area contributed by atoms with Gasteiger partial charge in [-0.3, -0.25) is 14.4 Å². The lowest BCUT2D eigenvalue weighted by Crippen LogP contribution is -2.30. The number of rotatable bonds is 7. The van der Waals surface area contributed by atoms with Crippen LogP contribution in [-0.4, -0.2) is 29.6 Å². The molecule has 148 valence electrons. The van der Waals surface area contributed by atoms with Crippen molar-refractivity contribution in [3.63, 3.8) is 0 Å². The maximum absolute atomic E-state index is 12.2. The predicted octanol–water partition coefficient (Wildman–Crippen LogP) is 3.83. The molecule has 0 radical (unpaired) electrons. The number of hydrogen-bond acceptors (Lipinski definition) is 5. The number of primary amides is 1. The number of anilines is 1. The van der Waals surface area contributed by atoms with Crippen molar-refractivity contribution in [2.45, 2.75) is 31.8 Å². The van der Waals surface area contributed by atoms with Crippen LogP contribution in [0.25, 0.3) is 0 Å². The van der Waals surface area contributed by atoms with E-state index in [9.17, 15) is 14.4 Å². The van der Waals surface area contributed by atoms with Gasteiger partial charge in [-0.05, 0) is 68.3 Å². The van der Waals surface area contributed by atoms with Gasteiger partial charge >= 0.3 is 5.97 Å². The lowest BCUT2D eigenvalue weighted by Gasteiger charge is -2.14. The molecule has 0 aliphatic carbocycles. The molecule has 0 saturated carbocycles. The van der Waals surface area contributed by atoms with Gasteiger partial charge in [-0.15, -0.1) is 11.8 Å². The summed E-state index contributed by atoms with van der Waals surface area (Å²) in [6.45, 7) is 5.45. The summed E-state index contributed by atoms with van der Waals surface area (Å²) in [7, 11) is 0. The van der Waals surface area contributed by atoms with Crippen molar-refractivity contribution in [1.29, 1.82) is 0 Å². The summed E-state index contributed by atoms with van der Waals surface area (Å²) in [6.07, 6.45) is -0.948. The highest BCUT2D eigenvalue weighted by Gasteiger charge is 2.18. The van der Waals surface area contributed by atoms with Gasteiger partial charge in [0.15, 0.2) is 6.10 Å². The molecule has 0 fully saturated rings. The Morgan fingerprint density at radius 1 is 1.14 bits per heavy atom. The van der Waals surface area contributed by atoms with E-state index in [4.69, 9.17) is 10.5 Å². The molecular weight excluding hydrogens is 444 g/mol. The highest BCUT2D eigenvalue weighted by molar-refractivity contribution is 9.10. The smallest absolute Gasteiger partial charge is 0.317 e. The van der Waals surface area contributed by atoms with Crippen molar-refractivity contribution in [3.8, 4) is 0 Å². The van der Waals surface area contributed by atoms with Gasteiger partial charge in [-0.25, -0.2) is 0 Å². The number of nitrogens with one attached hydrogen (secondary N) is 1. The number of aryl methyl sites for hydroxylation is 2. The third-order valence-electron chi connectivity index (χ3n) is 3.92. The topological polar surface area (TPSA) is 98.5 Å². The predicted molar refractivity (Wildman–Crippen MR) is 113 cm³/mol. The molecule has 0 spiro atoms. The average Bonchev–Trinajstić information content (AvgIpc) is 2.64. The van der Waals surface area contributed by atoms with Crippen molar-refractivity contribution in [3.05, 3.63) is 57.6 Å². The minimum absolute atomic E-state index is 0.104. The van der Waals surface area contributed by atoms with Crippen LogP contribution < -0.4 is 11.1 Å². The Morgan fingerprint density at radius 2 is 1.79 bits per heavy atom. The Morgan fingerprint density at radius 3 is 2.39 bits per heavy atom. The Kier molecular flexibility index (Phi) is 7.65. The fourth-order valence-electron chi connectivity index (χ4n) is 2.29. The minimum atomic E-state index is -0.948. The zero-order valence-electron chi connectivity index (χ0n) is 15.7. The van der Waals surface area contributed by atoms with E-state index in [0.29, 0.717) is 11.3 Å². The molecule has 3 N–H and O–H groups in total. The van der Waals surface area contributed by atoms with E-state index in [1.165, 1.54) is 30.8 Å². The third kappa shape index (κ3) is 6.10. The van der Waals surface area contributed by atoms with Crippen LogP contribution in [0.2, 0.25) is 0 Å². The number of carbonyl (C=O) groups is 3. The molecule has 0 aliphatic rings. The van der Waals surface area contributed by atoms with Crippen molar-refractivity contribution in [2.75, 3.05) is 11.1 Å². The van der Waals surface area contributed by atoms with Crippen LogP contribution in [0.15, 0.2) is 45.8 Å². The second-order valence-electron chi connectivity index (χ2n) is 6.22. The molecule has 0 saturated heterocycles. The van der Waals surface area contributed by atoms with Crippen LogP contribution in [-0.2, 0) is 14.3 Å². The molecule has 2 rings (SSSR count). The van der Waals surface area contributed by atoms with Gasteiger partial charge in [0.25, 0.3) is 5.91 Å². The van der Waals surface area contributed by atoms with Gasteiger partial charge in [0.05, 0.1) is 5.75 Å². The quantitative estimate of drug-likeness (QED) is 0.479. The molecule has 28 heavy (non-hydrogen) atoms. The number of nitrogens with two attached hydrogens (primary N) is 1. The van der Waals surface area contributed by atoms with E-state index in [0.717, 1.165) is 20.5 Å². The maximum atomic E-state index is 12.2. The van der Waals surface area contributed by atoms with Crippen molar-refractivity contribution >= 4 is 51.2 Å². The summed E-state index contributed by atoms with van der Waals surface area (Å²) in [6, 6.07) is 10.1. The van der Waals surface area contributed by atoms with E-state index < -0.39 is 23.9 Å². The second-order valence-corrected chi connectivity index (χ2v) is 8.09. The van der Waals surface area contributed by atoms with E-state index in [2.05, 4.69) is 21.2 Å². The molecule has 0 heterocycles. The fraction of sp³-hybridized carbons (Fsp3) is 0.250. The number of esters is 1. The van der Waals surface area contributed by atoms with Crippen LogP contribution >= 0.6 is 27.7 Å². The number of thioether (sulfide) groups is 1. The lowest BCUT2D eigenvalue weighted by molar-refractivity contribution is -0.150. The first kappa shape index (κ1) is 22.0. The van der Waals surface area contributed by atoms with Crippen LogP contribution in [0.3, 0.4) is 0 Å². The number of halogens is 1. The Labute approximate surface area is 176 Å². The molecule has 0 aliphatic heterocycles. The fourth-order valence-corrected chi connectivity index (χ4v) is 3.64. The molecule has 0 bridgehead atoms. The van der Waals surface area contributed by atoms with Crippen LogP contribution in [0.1, 0.15) is 28.4 Å². The van der Waals surface area contributed by atoms with Gasteiger partial charge in [0.1, 0.15) is 0 Å². The van der Waals surface area contributed by atoms with Crippen molar-refractivity contribution in [1.82, 2.24) is 0 Å². The Hall–Kier alpha value is -2.32. The Balaban J connectivity index is 1.86. The van der Waals surface area contributed by atoms with Crippen LogP contribution in [0, 0.1) is 13.8 Å². The summed E-state index contributed by atoms with van der Waals surface area (Å²) in [5.74, 6) is -1.38. The molecule has 6 nitrogen and oxygen atoms in total. The van der Waals surface area contributed by atoms with E-state index in [1.807, 2.05) is 26.0 Å². The largest absolute Gasteiger partial charge is 0.452 e. The summed E-state index contributed by atoms with van der Waals surface area (Å²) >= 11 is 4.85. The van der Waals surface area contributed by atoms with Gasteiger partial charge in [-0.2, -0.15) is 0 Å². The Bertz CT molecular complexity index is 900. The zero-order chi connectivity index (χ0) is 20.8. The molecule has 1 atom stereocenters. The first-order valence-corrected chi connectivity index (χ1v) is 10.2. The molecule has 0 aromatic heterocycles. The first-order valence-electron chi connectivity index (χ1n) is 8.47. The summed E-state index contributed by atoms with van der Waals surface area (Å²) < 4.78 is 6.23. The van der Waals surface area contributed by atoms with Crippen LogP contribution in [0.4, 0.5) is 5.69 Å². The highest BCUT2D eigenvalue weighted by Crippen LogP contribution is 2.28. The van der Waals surface area contributed by atoms with E-state index in [-0.39, 0.29) is 5.75 Å². The van der Waals surface area contributed by atoms with Crippen molar-refractivity contribution in [2.24, 2.45) is 5.73 Å². The average molecular weight is 465 g/mol. The molecule has 2 aromatic rings. The number of benzene rings is 2. The standard InChI is InChI=1S/C20H21BrN2O4S/c1-11-9-17(12(2)8-16(11)21)28-10-18(24)27-13(3)20(26)23-15-6-4-14(5-7-15)19(22)25/h4-9,13H,10H2,1-3H3,(H2,22,25)(H,23,26). The summed E-state index contributed by atoms with van der Waals surface area (Å²) in [5.41, 5.74) is 8.13. The highest BCUT2D eigenvalue weighted by atomic mass is 79.9. The van der Waals surface area contributed by atoms with Gasteiger partial charge in [-0.1, -0.05) is 15.9 Å². The molecule has 2 aromatic carbocycles. The van der Waals surface area contributed by atoms with Crippen LogP contribution in [0.5, 0.6) is 0 Å². The summed E-state index contributed by atoms with van der Waals surface area (Å²) in [5, 5.41) is 2.63. The molecule has 2 amide bonds. The monoisotopic (exact) mass is 464 g/mol. The first-order chi connectivity index (χ1) is 13.2. The molecule has 8 heteroatoms. The number of ether oxygens (including phenoxy) is 1. The SMILES string of the molecule is Cc1cc(SCC(=O)OC(C)C(=O)Nc2ccc(C(N)=O)cc2)c(C)cc1Br. The van der Waals surface area contributed by atoms with Gasteiger partial charge in [0.2, 0.25) is 5.91 Å². The number of carbonyl (C=O) groups excluding carboxylic acids is 3. The number of hydrogen-bond donors (Lipinski definition) is 2. The molecule has 1 unspecified atom stereocenters. The zero-order valence-corrected chi connectivity index (χ0v) is 18.1. The minimum Gasteiger partial charge on any atom is -0.452 e. The van der Waals surface area contributed by atoms with E-state index in [1.54, 1.807) is 12.1 Å². The van der Waals surface area contributed by atoms with E-state index >= 15 is 0 Å². The van der Waals surface area contributed by atoms with Crippen molar-refractivity contribution < 1.29 is 19.1 Å². The summed E-state index contributed by atoms with van der Waals surface area (Å²) in [4.78, 5) is 36.3. The van der Waals surface area contributed by atoms with Gasteiger partial charge in [0, 0.05) is 20.6 Å². The normalized spacial score (nSPS) is 11.6.